The lowest BCUT2D eigenvalue weighted by atomic mass is 10.00. The average molecular weight is 384 g/mol. The number of halogens is 6. The van der Waals surface area contributed by atoms with Crippen LogP contribution >= 0.6 is 10.2 Å². The molecule has 2 rings (SSSR count). The van der Waals surface area contributed by atoms with Gasteiger partial charge in [0.05, 0.1) is 5.56 Å². The zero-order valence-corrected chi connectivity index (χ0v) is 14.2. The van der Waals surface area contributed by atoms with Crippen LogP contribution in [0.3, 0.4) is 0 Å². The molecular weight excluding hydrogens is 370 g/mol. The zero-order chi connectivity index (χ0) is 19.3. The molecule has 0 N–H and O–H groups in total. The summed E-state index contributed by atoms with van der Waals surface area (Å²) < 4.78 is 81.7. The number of rotatable bonds is 3. The van der Waals surface area contributed by atoms with E-state index in [4.69, 9.17) is 4.74 Å². The Morgan fingerprint density at radius 3 is 1.88 bits per heavy atom. The fourth-order valence-electron chi connectivity index (χ4n) is 2.52. The summed E-state index contributed by atoms with van der Waals surface area (Å²) in [6.45, 7) is 5.08. The van der Waals surface area contributed by atoms with E-state index in [2.05, 4.69) is 0 Å². The van der Waals surface area contributed by atoms with Crippen molar-refractivity contribution in [1.29, 1.82) is 0 Å². The van der Waals surface area contributed by atoms with Gasteiger partial charge in [-0.3, -0.25) is 0 Å². The second kappa shape index (κ2) is 5.17. The summed E-state index contributed by atoms with van der Waals surface area (Å²) in [5.74, 6) is -3.73. The van der Waals surface area contributed by atoms with Gasteiger partial charge in [-0.25, -0.2) is 9.18 Å². The molecule has 138 valence electrons. The smallest absolute Gasteiger partial charge is 0.344 e. The molecule has 0 saturated carbocycles. The Kier molecular flexibility index (Phi) is 3.96. The lowest BCUT2D eigenvalue weighted by Crippen LogP contribution is -2.13. The first-order chi connectivity index (χ1) is 11.1. The van der Waals surface area contributed by atoms with E-state index in [1.165, 1.54) is 0 Å². The van der Waals surface area contributed by atoms with Crippen molar-refractivity contribution in [1.82, 2.24) is 0 Å². The van der Waals surface area contributed by atoms with Crippen molar-refractivity contribution < 1.29 is 33.4 Å². The van der Waals surface area contributed by atoms with Crippen LogP contribution in [0.5, 0.6) is 5.75 Å². The summed E-state index contributed by atoms with van der Waals surface area (Å²) in [7, 11) is -10.2. The molecule has 0 radical (unpaired) electrons. The Morgan fingerprint density at radius 2 is 1.44 bits per heavy atom. The quantitative estimate of drug-likeness (QED) is 0.337. The highest BCUT2D eigenvalue weighted by Crippen LogP contribution is 3.02. The van der Waals surface area contributed by atoms with Gasteiger partial charge in [0, 0.05) is 6.07 Å². The van der Waals surface area contributed by atoms with E-state index in [9.17, 15) is 28.6 Å². The summed E-state index contributed by atoms with van der Waals surface area (Å²) in [6, 6.07) is 3.86. The second-order valence-corrected chi connectivity index (χ2v) is 8.10. The van der Waals surface area contributed by atoms with E-state index < -0.39 is 32.7 Å². The number of carbonyl (C=O) groups excluding carboxylic acids is 1. The Hall–Kier alpha value is -2.16. The third kappa shape index (κ3) is 4.28. The predicted octanol–water partition coefficient (Wildman–Crippen LogP) is 6.63. The highest BCUT2D eigenvalue weighted by Gasteiger charge is 2.67. The molecule has 0 saturated heterocycles. The predicted molar refractivity (Wildman–Crippen MR) is 83.4 cm³/mol. The highest BCUT2D eigenvalue weighted by atomic mass is 32.5. The maximum absolute atomic E-state index is 13.5. The highest BCUT2D eigenvalue weighted by molar-refractivity contribution is 8.45. The molecule has 0 aromatic heterocycles. The molecular formula is C16H14F6O2S. The number of hydrogen-bond donors (Lipinski definition) is 0. The first kappa shape index (κ1) is 19.2. The number of esters is 1. The molecule has 0 fully saturated rings. The minimum atomic E-state index is -10.2. The van der Waals surface area contributed by atoms with Crippen LogP contribution in [-0.2, 0) is 0 Å². The molecule has 0 aliphatic rings. The fourth-order valence-corrected chi connectivity index (χ4v) is 3.27. The first-order valence-corrected chi connectivity index (χ1v) is 8.87. The number of carbonyl (C=O) groups is 1. The van der Waals surface area contributed by atoms with Crippen LogP contribution in [0.1, 0.15) is 27.0 Å². The van der Waals surface area contributed by atoms with Crippen LogP contribution in [0.15, 0.2) is 35.2 Å². The molecule has 25 heavy (non-hydrogen) atoms. The van der Waals surface area contributed by atoms with Gasteiger partial charge in [0.1, 0.15) is 16.5 Å². The summed E-state index contributed by atoms with van der Waals surface area (Å²) in [5, 5.41) is 0. The van der Waals surface area contributed by atoms with Gasteiger partial charge in [0.25, 0.3) is 0 Å². The van der Waals surface area contributed by atoms with Gasteiger partial charge >= 0.3 is 16.2 Å². The van der Waals surface area contributed by atoms with Gasteiger partial charge in [-0.05, 0) is 44.0 Å². The van der Waals surface area contributed by atoms with E-state index in [0.29, 0.717) is 17.2 Å². The fraction of sp³-hybridized carbons (Fsp3) is 0.188. The standard InChI is InChI=1S/C16H14F6O2S/c1-9-6-10(2)15(11(3)7-9)16(23)24-12-4-5-14(13(17)8-12)25(18,19,20,21)22/h4-8H,1-3H3. The van der Waals surface area contributed by atoms with E-state index in [0.717, 1.165) is 5.56 Å². The third-order valence-corrected chi connectivity index (χ3v) is 4.57. The van der Waals surface area contributed by atoms with Crippen molar-refractivity contribution in [2.75, 3.05) is 0 Å². The molecule has 0 aliphatic carbocycles. The van der Waals surface area contributed by atoms with Gasteiger partial charge in [-0.2, -0.15) is 0 Å². The molecule has 9 heteroatoms. The summed E-state index contributed by atoms with van der Waals surface area (Å²) in [4.78, 5) is 9.53. The van der Waals surface area contributed by atoms with Gasteiger partial charge in [-0.1, -0.05) is 37.1 Å². The van der Waals surface area contributed by atoms with Gasteiger partial charge in [0.2, 0.25) is 0 Å². The molecule has 0 atom stereocenters. The van der Waals surface area contributed by atoms with E-state index in [-0.39, 0.29) is 17.7 Å². The largest absolute Gasteiger partial charge is 0.423 e. The van der Waals surface area contributed by atoms with Crippen LogP contribution in [0, 0.1) is 26.6 Å². The molecule has 2 nitrogen and oxygen atoms in total. The summed E-state index contributed by atoms with van der Waals surface area (Å²) in [6.07, 6.45) is 0. The topological polar surface area (TPSA) is 26.3 Å². The lowest BCUT2D eigenvalue weighted by molar-refractivity contribution is 0.0732. The van der Waals surface area contributed by atoms with Crippen LogP contribution in [-0.4, -0.2) is 5.97 Å². The lowest BCUT2D eigenvalue weighted by Gasteiger charge is -2.40. The van der Waals surface area contributed by atoms with Crippen LogP contribution < -0.4 is 4.74 Å². The summed E-state index contributed by atoms with van der Waals surface area (Å²) >= 11 is 0. The molecule has 0 spiro atoms. The number of benzene rings is 2. The number of hydrogen-bond acceptors (Lipinski definition) is 2. The van der Waals surface area contributed by atoms with Crippen molar-refractivity contribution in [3.05, 3.63) is 58.4 Å². The molecule has 0 aliphatic heterocycles. The van der Waals surface area contributed by atoms with Crippen molar-refractivity contribution >= 4 is 16.2 Å². The van der Waals surface area contributed by atoms with Crippen molar-refractivity contribution in [2.24, 2.45) is 0 Å². The minimum absolute atomic E-state index is 0.115. The number of aryl methyl sites for hydroxylation is 3. The molecule has 0 amide bonds. The van der Waals surface area contributed by atoms with E-state index in [1.54, 1.807) is 26.0 Å². The zero-order valence-electron chi connectivity index (χ0n) is 13.4. The van der Waals surface area contributed by atoms with E-state index >= 15 is 0 Å². The molecule has 2 aromatic carbocycles. The normalized spacial score (nSPS) is 14.6. The third-order valence-electron chi connectivity index (χ3n) is 3.41. The van der Waals surface area contributed by atoms with Gasteiger partial charge in [-0.15, -0.1) is 0 Å². The molecule has 0 bridgehead atoms. The molecule has 0 heterocycles. The Labute approximate surface area is 140 Å². The van der Waals surface area contributed by atoms with Crippen molar-refractivity contribution in [2.45, 2.75) is 25.7 Å². The van der Waals surface area contributed by atoms with Crippen LogP contribution in [0.4, 0.5) is 23.8 Å². The van der Waals surface area contributed by atoms with E-state index in [1.807, 2.05) is 6.92 Å². The second-order valence-electron chi connectivity index (χ2n) is 5.72. The van der Waals surface area contributed by atoms with Crippen LogP contribution in [0.2, 0.25) is 0 Å². The minimum Gasteiger partial charge on any atom is -0.423 e. The maximum atomic E-state index is 13.5. The monoisotopic (exact) mass is 384 g/mol. The molecule has 2 aromatic rings. The Morgan fingerprint density at radius 1 is 0.920 bits per heavy atom. The Bertz CT molecular complexity index is 852. The van der Waals surface area contributed by atoms with Crippen molar-refractivity contribution in [3.8, 4) is 5.75 Å². The Balaban J connectivity index is 2.38. The SMILES string of the molecule is Cc1cc(C)c(C(=O)Oc2ccc(S(F)(F)(F)(F)F)c(F)c2)c(C)c1. The van der Waals surface area contributed by atoms with Gasteiger partial charge < -0.3 is 4.74 Å². The maximum Gasteiger partial charge on any atom is 0.344 e. The first-order valence-electron chi connectivity index (χ1n) is 6.92. The summed E-state index contributed by atoms with van der Waals surface area (Å²) in [5.41, 5.74) is 2.18. The van der Waals surface area contributed by atoms with Crippen LogP contribution in [0.25, 0.3) is 0 Å². The number of ether oxygens (including phenoxy) is 1. The van der Waals surface area contributed by atoms with Gasteiger partial charge in [0.15, 0.2) is 0 Å². The molecule has 0 unspecified atom stereocenters. The van der Waals surface area contributed by atoms with Crippen molar-refractivity contribution in [3.63, 3.8) is 0 Å². The average Bonchev–Trinajstić information content (AvgIpc) is 2.33.